The van der Waals surface area contributed by atoms with Gasteiger partial charge in [0.15, 0.2) is 17.3 Å². The minimum absolute atomic E-state index is 0. The van der Waals surface area contributed by atoms with E-state index in [1.807, 2.05) is 0 Å². The molecule has 5 N–H and O–H groups in total. The van der Waals surface area contributed by atoms with E-state index in [4.69, 9.17) is 15.3 Å². The fourth-order valence-corrected chi connectivity index (χ4v) is 0.882. The molecule has 131 valence electrons. The van der Waals surface area contributed by atoms with Crippen LogP contribution in [0.3, 0.4) is 0 Å². The fourth-order valence-electron chi connectivity index (χ4n) is 0.882. The summed E-state index contributed by atoms with van der Waals surface area (Å²) in [5, 5.41) is 25.1. The second-order valence-electron chi connectivity index (χ2n) is 4.19. The van der Waals surface area contributed by atoms with Crippen LogP contribution < -0.4 is 0 Å². The quantitative estimate of drug-likeness (QED) is 0.484. The van der Waals surface area contributed by atoms with Gasteiger partial charge in [-0.15, -0.1) is 0 Å². The van der Waals surface area contributed by atoms with Crippen LogP contribution in [0.1, 0.15) is 41.5 Å². The first-order chi connectivity index (χ1) is 9.38. The summed E-state index contributed by atoms with van der Waals surface area (Å²) >= 11 is 0. The summed E-state index contributed by atoms with van der Waals surface area (Å²) in [6, 6.07) is 0. The second-order valence-corrected chi connectivity index (χ2v) is 4.19. The van der Waals surface area contributed by atoms with Crippen molar-refractivity contribution < 1.29 is 67.9 Å². The zero-order chi connectivity index (χ0) is 17.6. The molecule has 0 heterocycles. The Bertz CT molecular complexity index is 370. The minimum atomic E-state index is -0.125. The number of carbonyl (C=O) groups is 3. The summed E-state index contributed by atoms with van der Waals surface area (Å²) in [6.45, 7) is 8.54. The van der Waals surface area contributed by atoms with Crippen LogP contribution in [-0.2, 0) is 47.1 Å². The van der Waals surface area contributed by atoms with Crippen LogP contribution >= 0.6 is 0 Å². The van der Waals surface area contributed by atoms with Gasteiger partial charge in [-0.2, -0.15) is 0 Å². The van der Waals surface area contributed by atoms with Gasteiger partial charge in [-0.25, -0.2) is 0 Å². The van der Waals surface area contributed by atoms with Crippen LogP contribution in [0, 0.1) is 0 Å². The predicted octanol–water partition coefficient (Wildman–Crippen LogP) is 2.28. The SMILES string of the molecule is CC(=O)C=C(C)O.CC(=O)C=C(C)O.CC(=O)C=C(C)O.O.[Y]. The number of carbonyl (C=O) groups excluding carboxylic acids is 3. The molecule has 0 atom stereocenters. The summed E-state index contributed by atoms with van der Waals surface area (Å²) < 4.78 is 0. The summed E-state index contributed by atoms with van der Waals surface area (Å²) in [7, 11) is 0. The Hall–Kier alpha value is -1.31. The number of hydrogen-bond donors (Lipinski definition) is 3. The van der Waals surface area contributed by atoms with Crippen molar-refractivity contribution in [2.75, 3.05) is 0 Å². The molecule has 0 saturated carbocycles. The van der Waals surface area contributed by atoms with Crippen molar-refractivity contribution in [2.45, 2.75) is 41.5 Å². The van der Waals surface area contributed by atoms with E-state index < -0.39 is 0 Å². The number of aliphatic hydroxyl groups is 3. The van der Waals surface area contributed by atoms with Crippen LogP contribution in [0.25, 0.3) is 0 Å². The van der Waals surface area contributed by atoms with E-state index in [-0.39, 0.29) is 72.8 Å². The van der Waals surface area contributed by atoms with Crippen molar-refractivity contribution in [3.05, 3.63) is 35.5 Å². The first kappa shape index (κ1) is 33.3. The largest absolute Gasteiger partial charge is 0.512 e. The predicted molar refractivity (Wildman–Crippen MR) is 84.8 cm³/mol. The monoisotopic (exact) mass is 407 g/mol. The third-order valence-corrected chi connectivity index (χ3v) is 1.24. The molecule has 0 amide bonds. The van der Waals surface area contributed by atoms with Crippen LogP contribution in [0.15, 0.2) is 35.5 Å². The van der Waals surface area contributed by atoms with Crippen molar-refractivity contribution in [1.82, 2.24) is 0 Å². The number of ketones is 3. The molecule has 1 radical (unpaired) electrons. The Kier molecular flexibility index (Phi) is 30.0. The van der Waals surface area contributed by atoms with Crippen LogP contribution in [0.2, 0.25) is 0 Å². The fraction of sp³-hybridized carbons (Fsp3) is 0.400. The molecule has 0 saturated heterocycles. The molecule has 0 fully saturated rings. The van der Waals surface area contributed by atoms with E-state index in [1.165, 1.54) is 59.8 Å². The van der Waals surface area contributed by atoms with Gasteiger partial charge < -0.3 is 20.8 Å². The Morgan fingerprint density at radius 1 is 0.565 bits per heavy atom. The zero-order valence-electron chi connectivity index (χ0n) is 14.4. The Morgan fingerprint density at radius 2 is 0.696 bits per heavy atom. The Morgan fingerprint density at radius 3 is 0.696 bits per heavy atom. The molecule has 0 aromatic heterocycles. The van der Waals surface area contributed by atoms with Gasteiger partial charge in [-0.1, -0.05) is 0 Å². The average Bonchev–Trinajstić information content (AvgIpc) is 2.10. The van der Waals surface area contributed by atoms with E-state index in [0.717, 1.165) is 0 Å². The molecule has 0 unspecified atom stereocenters. The summed E-state index contributed by atoms with van der Waals surface area (Å²) in [5.41, 5.74) is 0. The molecule has 23 heavy (non-hydrogen) atoms. The van der Waals surface area contributed by atoms with Crippen LogP contribution in [-0.4, -0.2) is 38.1 Å². The van der Waals surface area contributed by atoms with Gasteiger partial charge in [-0.05, 0) is 41.5 Å². The number of rotatable bonds is 3. The molecule has 8 heteroatoms. The molecular formula is C15H26O7Y. The molecule has 0 aliphatic carbocycles. The molecule has 0 spiro atoms. The van der Waals surface area contributed by atoms with Gasteiger partial charge in [0.1, 0.15) is 0 Å². The summed E-state index contributed by atoms with van der Waals surface area (Å²) in [5.74, 6) is -0.187. The number of allylic oxidation sites excluding steroid dienone is 6. The van der Waals surface area contributed by atoms with E-state index in [0.29, 0.717) is 0 Å². The Balaban J connectivity index is -0.0000000675. The van der Waals surface area contributed by atoms with Gasteiger partial charge in [-0.3, -0.25) is 14.4 Å². The van der Waals surface area contributed by atoms with Crippen molar-refractivity contribution in [3.8, 4) is 0 Å². The molecule has 0 aliphatic heterocycles. The van der Waals surface area contributed by atoms with Crippen LogP contribution in [0.4, 0.5) is 0 Å². The molecule has 0 aliphatic rings. The molecule has 0 bridgehead atoms. The number of hydrogen-bond acceptors (Lipinski definition) is 6. The van der Waals surface area contributed by atoms with Crippen molar-refractivity contribution >= 4 is 17.3 Å². The van der Waals surface area contributed by atoms with Crippen molar-refractivity contribution in [2.24, 2.45) is 0 Å². The second kappa shape index (κ2) is 20.7. The van der Waals surface area contributed by atoms with Gasteiger partial charge in [0.05, 0.1) is 17.3 Å². The third-order valence-electron chi connectivity index (χ3n) is 1.24. The van der Waals surface area contributed by atoms with E-state index in [1.54, 1.807) is 0 Å². The van der Waals surface area contributed by atoms with E-state index in [2.05, 4.69) is 0 Å². The third kappa shape index (κ3) is 63.2. The first-order valence-corrected chi connectivity index (χ1v) is 6.02. The van der Waals surface area contributed by atoms with Crippen molar-refractivity contribution in [3.63, 3.8) is 0 Å². The first-order valence-electron chi connectivity index (χ1n) is 6.02. The maximum atomic E-state index is 10.0. The topological polar surface area (TPSA) is 143 Å². The number of aliphatic hydroxyl groups excluding tert-OH is 3. The molecule has 7 nitrogen and oxygen atoms in total. The summed E-state index contributed by atoms with van der Waals surface area (Å²) in [6.07, 6.45) is 3.50. The van der Waals surface area contributed by atoms with Gasteiger partial charge >= 0.3 is 0 Å². The normalized spacial score (nSPS) is 10.4. The maximum absolute atomic E-state index is 10.0. The van der Waals surface area contributed by atoms with E-state index in [9.17, 15) is 14.4 Å². The Labute approximate surface area is 162 Å². The standard InChI is InChI=1S/3C5H8O2.H2O.Y/c3*1-4(6)3-5(2)7;;/h3*3,6H,1-2H3;1H2;. The molecule has 0 aromatic carbocycles. The molecular weight excluding hydrogens is 381 g/mol. The van der Waals surface area contributed by atoms with Gasteiger partial charge in [0, 0.05) is 50.9 Å². The summed E-state index contributed by atoms with van der Waals surface area (Å²) in [4.78, 5) is 30.1. The van der Waals surface area contributed by atoms with Crippen molar-refractivity contribution in [1.29, 1.82) is 0 Å². The minimum Gasteiger partial charge on any atom is -0.512 e. The maximum Gasteiger partial charge on any atom is 0.155 e. The van der Waals surface area contributed by atoms with Crippen LogP contribution in [0.5, 0.6) is 0 Å². The van der Waals surface area contributed by atoms with E-state index >= 15 is 0 Å². The van der Waals surface area contributed by atoms with Gasteiger partial charge in [0.25, 0.3) is 0 Å². The average molecular weight is 407 g/mol. The zero-order valence-corrected chi connectivity index (χ0v) is 17.2. The smallest absolute Gasteiger partial charge is 0.155 e. The van der Waals surface area contributed by atoms with Gasteiger partial charge in [0.2, 0.25) is 0 Å². The molecule has 0 rings (SSSR count). The molecule has 0 aromatic rings.